The zero-order chi connectivity index (χ0) is 22.2. The van der Waals surface area contributed by atoms with Gasteiger partial charge in [0.2, 0.25) is 11.7 Å². The molecular weight excluding hydrogens is 435 g/mol. The minimum absolute atomic E-state index is 0.0751. The van der Waals surface area contributed by atoms with Crippen LogP contribution in [0, 0.1) is 5.41 Å². The van der Waals surface area contributed by atoms with E-state index in [0.29, 0.717) is 12.4 Å². The quantitative estimate of drug-likeness (QED) is 0.450. The lowest BCUT2D eigenvalue weighted by molar-refractivity contribution is -0.147. The fourth-order valence-electron chi connectivity index (χ4n) is 3.35. The summed E-state index contributed by atoms with van der Waals surface area (Å²) in [6, 6.07) is 2.09. The van der Waals surface area contributed by atoms with Crippen LogP contribution >= 0.6 is 11.3 Å². The molecule has 4 rings (SSSR count). The van der Waals surface area contributed by atoms with Crippen LogP contribution in [0.3, 0.4) is 0 Å². The summed E-state index contributed by atoms with van der Waals surface area (Å²) in [6.07, 6.45) is -2.70. The van der Waals surface area contributed by atoms with E-state index in [0.717, 1.165) is 32.5 Å². The molecule has 0 aliphatic carbocycles. The molecule has 0 atom stereocenters. The van der Waals surface area contributed by atoms with Crippen LogP contribution in [0.4, 0.5) is 19.0 Å². The molecule has 13 heteroatoms. The van der Waals surface area contributed by atoms with Crippen LogP contribution in [0.1, 0.15) is 29.9 Å². The number of anilines is 1. The van der Waals surface area contributed by atoms with Crippen LogP contribution < -0.4 is 9.64 Å². The van der Waals surface area contributed by atoms with Crippen molar-refractivity contribution >= 4 is 33.3 Å². The van der Waals surface area contributed by atoms with Crippen molar-refractivity contribution in [3.63, 3.8) is 0 Å². The molecule has 3 aromatic heterocycles. The number of halogens is 3. The molecule has 0 radical (unpaired) electrons. The number of methoxy groups -OCH3 is 1. The number of aromatic nitrogens is 5. The van der Waals surface area contributed by atoms with Gasteiger partial charge in [-0.05, 0) is 12.5 Å². The molecule has 1 aliphatic rings. The van der Waals surface area contributed by atoms with E-state index in [9.17, 15) is 13.2 Å². The molecule has 0 unspecified atom stereocenters. The first-order valence-corrected chi connectivity index (χ1v) is 10.4. The summed E-state index contributed by atoms with van der Waals surface area (Å²) in [4.78, 5) is 12.6. The maximum atomic E-state index is 13.1. The summed E-state index contributed by atoms with van der Waals surface area (Å²) < 4.78 is 50.8. The van der Waals surface area contributed by atoms with Crippen molar-refractivity contribution in [2.75, 3.05) is 25.2 Å². The average Bonchev–Trinajstić information content (AvgIpc) is 3.34. The highest BCUT2D eigenvalue weighted by molar-refractivity contribution is 7.18. The van der Waals surface area contributed by atoms with Crippen molar-refractivity contribution in [2.45, 2.75) is 39.0 Å². The second-order valence-corrected chi connectivity index (χ2v) is 8.05. The molecule has 0 fully saturated rings. The Morgan fingerprint density at radius 2 is 2.06 bits per heavy atom. The van der Waals surface area contributed by atoms with Crippen molar-refractivity contribution in [2.24, 2.45) is 0 Å². The Morgan fingerprint density at radius 3 is 2.77 bits per heavy atom. The largest absolute Gasteiger partial charge is 0.482 e. The summed E-state index contributed by atoms with van der Waals surface area (Å²) in [6.45, 7) is 2.46. The van der Waals surface area contributed by atoms with Gasteiger partial charge in [0.15, 0.2) is 12.4 Å². The molecule has 9 nitrogen and oxygen atoms in total. The highest BCUT2D eigenvalue weighted by atomic mass is 32.1. The van der Waals surface area contributed by atoms with Crippen molar-refractivity contribution in [1.82, 2.24) is 24.7 Å². The maximum Gasteiger partial charge on any atom is 0.451 e. The van der Waals surface area contributed by atoms with Crippen molar-refractivity contribution in [3.8, 4) is 6.01 Å². The Morgan fingerprint density at radius 1 is 1.26 bits per heavy atom. The lowest BCUT2D eigenvalue weighted by Crippen LogP contribution is -2.36. The van der Waals surface area contributed by atoms with Crippen LogP contribution in [0.2, 0.25) is 0 Å². The lowest BCUT2D eigenvalue weighted by Gasteiger charge is -2.29. The van der Waals surface area contributed by atoms with E-state index in [1.807, 2.05) is 11.0 Å². The molecular formula is C18H20F3N7O2S. The van der Waals surface area contributed by atoms with E-state index >= 15 is 0 Å². The first-order chi connectivity index (χ1) is 14.8. The van der Waals surface area contributed by atoms with Crippen molar-refractivity contribution in [3.05, 3.63) is 22.6 Å². The van der Waals surface area contributed by atoms with Gasteiger partial charge >= 0.3 is 12.2 Å². The SMILES string of the molecule is CCCc1cc2c(N3CCn4c(nnc4C(F)(F)F)C3)nc(OCC(=N)OC)nc2s1. The second-order valence-electron chi connectivity index (χ2n) is 6.94. The second kappa shape index (κ2) is 8.29. The fraction of sp³-hybridized carbons (Fsp3) is 0.500. The van der Waals surface area contributed by atoms with Crippen LogP contribution in [-0.2, 0) is 30.4 Å². The topological polar surface area (TPSA) is 102 Å². The smallest absolute Gasteiger partial charge is 0.451 e. The van der Waals surface area contributed by atoms with E-state index in [4.69, 9.17) is 14.9 Å². The summed E-state index contributed by atoms with van der Waals surface area (Å²) in [7, 11) is 1.37. The number of thiophene rings is 1. The highest BCUT2D eigenvalue weighted by Crippen LogP contribution is 2.35. The van der Waals surface area contributed by atoms with E-state index in [-0.39, 0.29) is 37.4 Å². The zero-order valence-corrected chi connectivity index (χ0v) is 17.7. The molecule has 0 saturated carbocycles. The zero-order valence-electron chi connectivity index (χ0n) is 16.9. The number of ether oxygens (including phenoxy) is 2. The predicted molar refractivity (Wildman–Crippen MR) is 108 cm³/mol. The molecule has 31 heavy (non-hydrogen) atoms. The lowest BCUT2D eigenvalue weighted by atomic mass is 10.2. The van der Waals surface area contributed by atoms with Crippen LogP contribution in [0.25, 0.3) is 10.2 Å². The Kier molecular flexibility index (Phi) is 5.69. The third-order valence-corrected chi connectivity index (χ3v) is 5.87. The number of rotatable bonds is 6. The van der Waals surface area contributed by atoms with Crippen molar-refractivity contribution in [1.29, 1.82) is 5.41 Å². The van der Waals surface area contributed by atoms with Gasteiger partial charge in [-0.3, -0.25) is 5.41 Å². The molecule has 1 aliphatic heterocycles. The molecule has 0 bridgehead atoms. The van der Waals surface area contributed by atoms with Crippen LogP contribution in [-0.4, -0.2) is 50.9 Å². The standard InChI is InChI=1S/C18H20F3N7O2S/c1-3-4-10-7-11-14(23-17(24-15(11)31-10)30-9-12(22)29-2)27-5-6-28-13(8-27)25-26-16(28)18(19,20)21/h7,22H,3-6,8-9H2,1-2H3. The van der Waals surface area contributed by atoms with E-state index < -0.39 is 12.0 Å². The van der Waals surface area contributed by atoms with Crippen LogP contribution in [0.5, 0.6) is 6.01 Å². The Bertz CT molecular complexity index is 1110. The number of alkyl halides is 3. The molecule has 0 saturated heterocycles. The van der Waals surface area contributed by atoms with Gasteiger partial charge in [-0.15, -0.1) is 21.5 Å². The van der Waals surface area contributed by atoms with E-state index in [1.54, 1.807) is 0 Å². The monoisotopic (exact) mass is 455 g/mol. The maximum absolute atomic E-state index is 13.1. The number of nitrogens with one attached hydrogen (secondary N) is 1. The first-order valence-electron chi connectivity index (χ1n) is 9.59. The molecule has 0 spiro atoms. The molecule has 3 aromatic rings. The summed E-state index contributed by atoms with van der Waals surface area (Å²) in [5.74, 6) is -0.282. The minimum Gasteiger partial charge on any atom is -0.482 e. The minimum atomic E-state index is -4.55. The molecule has 4 heterocycles. The number of fused-ring (bicyclic) bond motifs is 2. The van der Waals surface area contributed by atoms with Crippen molar-refractivity contribution < 1.29 is 22.6 Å². The Hall–Kier alpha value is -2.96. The van der Waals surface area contributed by atoms with Gasteiger partial charge in [-0.2, -0.15) is 23.1 Å². The Balaban J connectivity index is 1.69. The highest BCUT2D eigenvalue weighted by Gasteiger charge is 2.39. The summed E-state index contributed by atoms with van der Waals surface area (Å²) >= 11 is 1.52. The third-order valence-electron chi connectivity index (χ3n) is 4.78. The van der Waals surface area contributed by atoms with Gasteiger partial charge in [0.25, 0.3) is 0 Å². The number of nitrogens with zero attached hydrogens (tertiary/aromatic N) is 6. The van der Waals surface area contributed by atoms with Gasteiger partial charge in [0, 0.05) is 18.0 Å². The predicted octanol–water partition coefficient (Wildman–Crippen LogP) is 3.28. The van der Waals surface area contributed by atoms with E-state index in [2.05, 4.69) is 27.1 Å². The first kappa shape index (κ1) is 21.3. The van der Waals surface area contributed by atoms with E-state index in [1.165, 1.54) is 18.4 Å². The molecule has 0 amide bonds. The summed E-state index contributed by atoms with van der Waals surface area (Å²) in [5.41, 5.74) is 0. The molecule has 1 N–H and O–H groups in total. The van der Waals surface area contributed by atoms with Gasteiger partial charge < -0.3 is 18.9 Å². The average molecular weight is 455 g/mol. The van der Waals surface area contributed by atoms with Gasteiger partial charge in [0.1, 0.15) is 10.6 Å². The van der Waals surface area contributed by atoms with Gasteiger partial charge in [0.05, 0.1) is 19.0 Å². The number of aryl methyl sites for hydroxylation is 1. The molecule has 166 valence electrons. The molecule has 0 aromatic carbocycles. The number of hydrogen-bond acceptors (Lipinski definition) is 9. The third kappa shape index (κ3) is 4.27. The normalized spacial score (nSPS) is 14.0. The summed E-state index contributed by atoms with van der Waals surface area (Å²) in [5, 5.41) is 15.5. The van der Waals surface area contributed by atoms with Gasteiger partial charge in [-0.1, -0.05) is 13.3 Å². The van der Waals surface area contributed by atoms with Crippen LogP contribution in [0.15, 0.2) is 6.07 Å². The fourth-order valence-corrected chi connectivity index (χ4v) is 4.46. The number of hydrogen-bond donors (Lipinski definition) is 1. The Labute approximate surface area is 179 Å². The van der Waals surface area contributed by atoms with Gasteiger partial charge in [-0.25, -0.2) is 0 Å².